The first kappa shape index (κ1) is 20.0. The summed E-state index contributed by atoms with van der Waals surface area (Å²) in [5.41, 5.74) is 0.780. The fraction of sp³-hybridized carbons (Fsp3) is 0.632. The van der Waals surface area contributed by atoms with Gasteiger partial charge >= 0.3 is 5.76 Å². The van der Waals surface area contributed by atoms with Crippen LogP contribution in [0.3, 0.4) is 0 Å². The van der Waals surface area contributed by atoms with Gasteiger partial charge in [-0.2, -0.15) is 8.78 Å². The molecule has 2 fully saturated rings. The number of alkyl halides is 2. The fourth-order valence-corrected chi connectivity index (χ4v) is 4.65. The number of carbonyl (C=O) groups excluding carboxylic acids is 1. The molecule has 0 radical (unpaired) electrons. The Kier molecular flexibility index (Phi) is 6.34. The van der Waals surface area contributed by atoms with E-state index in [-0.39, 0.29) is 10.8 Å². The topological polar surface area (TPSA) is 57.7 Å². The number of rotatable bonds is 5. The van der Waals surface area contributed by atoms with Gasteiger partial charge < -0.3 is 9.80 Å². The van der Waals surface area contributed by atoms with Crippen LogP contribution in [0.2, 0.25) is 0 Å². The molecule has 0 aromatic heterocycles. The lowest BCUT2D eigenvalue weighted by Gasteiger charge is -2.37. The quantitative estimate of drug-likeness (QED) is 0.761. The van der Waals surface area contributed by atoms with E-state index in [0.717, 1.165) is 18.5 Å². The summed E-state index contributed by atoms with van der Waals surface area (Å²) in [6.07, 6.45) is 6.67. The highest BCUT2D eigenvalue weighted by atomic mass is 32.2. The molecule has 2 aliphatic rings. The summed E-state index contributed by atoms with van der Waals surface area (Å²) in [5, 5.41) is 0. The van der Waals surface area contributed by atoms with Crippen molar-refractivity contribution in [2.75, 3.05) is 31.1 Å². The highest BCUT2D eigenvalue weighted by Crippen LogP contribution is 2.27. The minimum atomic E-state index is -4.56. The summed E-state index contributed by atoms with van der Waals surface area (Å²) in [6.45, 7) is 2.56. The molecule has 0 atom stereocenters. The van der Waals surface area contributed by atoms with E-state index in [9.17, 15) is 22.0 Å². The summed E-state index contributed by atoms with van der Waals surface area (Å²) >= 11 is 0. The van der Waals surface area contributed by atoms with Crippen molar-refractivity contribution < 1.29 is 22.0 Å². The summed E-state index contributed by atoms with van der Waals surface area (Å²) < 4.78 is 48.2. The molecule has 8 heteroatoms. The van der Waals surface area contributed by atoms with E-state index in [1.807, 2.05) is 9.80 Å². The van der Waals surface area contributed by atoms with Crippen molar-refractivity contribution in [3.05, 3.63) is 24.3 Å². The molecule has 5 nitrogen and oxygen atoms in total. The van der Waals surface area contributed by atoms with Gasteiger partial charge in [0.25, 0.3) is 0 Å². The minimum absolute atomic E-state index is 0.222. The highest BCUT2D eigenvalue weighted by Gasteiger charge is 2.27. The number of carbonyl (C=O) groups is 1. The minimum Gasteiger partial charge on any atom is -0.368 e. The van der Waals surface area contributed by atoms with Gasteiger partial charge in [0.2, 0.25) is 15.7 Å². The molecule has 0 unspecified atom stereocenters. The van der Waals surface area contributed by atoms with Gasteiger partial charge in [-0.1, -0.05) is 19.3 Å². The van der Waals surface area contributed by atoms with E-state index in [4.69, 9.17) is 0 Å². The Morgan fingerprint density at radius 3 is 2.15 bits per heavy atom. The second kappa shape index (κ2) is 8.54. The molecule has 1 saturated heterocycles. The summed E-state index contributed by atoms with van der Waals surface area (Å²) in [5.74, 6) is -2.67. The Bertz CT molecular complexity index is 739. The monoisotopic (exact) mass is 400 g/mol. The molecule has 1 aliphatic heterocycles. The van der Waals surface area contributed by atoms with E-state index in [1.54, 1.807) is 12.1 Å². The number of piperazine rings is 1. The maximum Gasteiger partial charge on any atom is 0.341 e. The number of amides is 1. The van der Waals surface area contributed by atoms with E-state index < -0.39 is 15.6 Å². The van der Waals surface area contributed by atoms with Gasteiger partial charge in [0, 0.05) is 38.3 Å². The number of halogens is 2. The zero-order valence-electron chi connectivity index (χ0n) is 15.3. The van der Waals surface area contributed by atoms with E-state index in [0.29, 0.717) is 38.5 Å². The van der Waals surface area contributed by atoms with Crippen molar-refractivity contribution in [3.8, 4) is 0 Å². The van der Waals surface area contributed by atoms with Crippen LogP contribution in [-0.2, 0) is 14.6 Å². The third-order valence-electron chi connectivity index (χ3n) is 5.59. The van der Waals surface area contributed by atoms with Crippen molar-refractivity contribution in [2.45, 2.75) is 49.2 Å². The lowest BCUT2D eigenvalue weighted by molar-refractivity contribution is -0.132. The van der Waals surface area contributed by atoms with Crippen molar-refractivity contribution in [3.63, 3.8) is 0 Å². The van der Waals surface area contributed by atoms with Crippen LogP contribution in [0.1, 0.15) is 38.5 Å². The third kappa shape index (κ3) is 4.78. The number of nitrogens with zero attached hydrogens (tertiary/aromatic N) is 2. The lowest BCUT2D eigenvalue weighted by Crippen LogP contribution is -2.49. The molecule has 0 N–H and O–H groups in total. The molecule has 1 amide bonds. The van der Waals surface area contributed by atoms with Crippen LogP contribution in [-0.4, -0.2) is 51.2 Å². The van der Waals surface area contributed by atoms with Gasteiger partial charge in [0.15, 0.2) is 0 Å². The molecule has 0 bridgehead atoms. The Hall–Kier alpha value is -1.70. The van der Waals surface area contributed by atoms with Gasteiger partial charge in [0.05, 0.1) is 4.90 Å². The van der Waals surface area contributed by atoms with Gasteiger partial charge in [-0.3, -0.25) is 4.79 Å². The molecule has 1 saturated carbocycles. The summed E-state index contributed by atoms with van der Waals surface area (Å²) in [7, 11) is -4.56. The predicted octanol–water partition coefficient (Wildman–Crippen LogP) is 3.30. The molecule has 27 heavy (non-hydrogen) atoms. The Morgan fingerprint density at radius 1 is 1.00 bits per heavy atom. The number of anilines is 1. The van der Waals surface area contributed by atoms with Crippen molar-refractivity contribution in [1.82, 2.24) is 4.90 Å². The number of hydrogen-bond acceptors (Lipinski definition) is 4. The van der Waals surface area contributed by atoms with E-state index in [1.165, 1.54) is 31.4 Å². The van der Waals surface area contributed by atoms with Crippen LogP contribution in [0.25, 0.3) is 0 Å². The zero-order valence-corrected chi connectivity index (χ0v) is 16.1. The van der Waals surface area contributed by atoms with Crippen LogP contribution in [0.5, 0.6) is 0 Å². The standard InChI is InChI=1S/C19H26F2N2O3S/c20-19(21)27(25,26)17-8-6-16(7-9-17)22-10-12-23(13-11-22)18(24)14-15-4-2-1-3-5-15/h6-9,15,19H,1-5,10-14H2. The molecular formula is C19H26F2N2O3S. The fourth-order valence-electron chi connectivity index (χ4n) is 3.93. The number of hydrogen-bond donors (Lipinski definition) is 0. The third-order valence-corrected chi connectivity index (χ3v) is 6.98. The molecule has 1 aromatic carbocycles. The van der Waals surface area contributed by atoms with Crippen LogP contribution in [0, 0.1) is 5.92 Å². The second-order valence-corrected chi connectivity index (χ2v) is 9.29. The van der Waals surface area contributed by atoms with Gasteiger partial charge in [-0.15, -0.1) is 0 Å². The smallest absolute Gasteiger partial charge is 0.341 e. The molecule has 1 aliphatic carbocycles. The lowest BCUT2D eigenvalue weighted by atomic mass is 9.86. The van der Waals surface area contributed by atoms with Crippen molar-refractivity contribution in [1.29, 1.82) is 0 Å². The average Bonchev–Trinajstić information content (AvgIpc) is 2.69. The number of sulfone groups is 1. The molecule has 1 heterocycles. The normalized spacial score (nSPS) is 19.5. The summed E-state index contributed by atoms with van der Waals surface area (Å²) in [4.78, 5) is 16.1. The summed E-state index contributed by atoms with van der Waals surface area (Å²) in [6, 6.07) is 5.54. The van der Waals surface area contributed by atoms with E-state index >= 15 is 0 Å². The predicted molar refractivity (Wildman–Crippen MR) is 99.6 cm³/mol. The van der Waals surface area contributed by atoms with Gasteiger partial charge in [0.1, 0.15) is 0 Å². The molecule has 0 spiro atoms. The van der Waals surface area contributed by atoms with Gasteiger partial charge in [-0.25, -0.2) is 8.42 Å². The Balaban J connectivity index is 1.53. The molecule has 150 valence electrons. The zero-order chi connectivity index (χ0) is 19.4. The van der Waals surface area contributed by atoms with E-state index in [2.05, 4.69) is 0 Å². The van der Waals surface area contributed by atoms with Crippen LogP contribution in [0.15, 0.2) is 29.2 Å². The molecule has 3 rings (SSSR count). The largest absolute Gasteiger partial charge is 0.368 e. The Labute approximate surface area is 159 Å². The first-order valence-electron chi connectivity index (χ1n) is 9.53. The average molecular weight is 400 g/mol. The second-order valence-electron chi connectivity index (χ2n) is 7.38. The van der Waals surface area contributed by atoms with Crippen molar-refractivity contribution in [2.24, 2.45) is 5.92 Å². The first-order chi connectivity index (χ1) is 12.9. The first-order valence-corrected chi connectivity index (χ1v) is 11.1. The van der Waals surface area contributed by atoms with Crippen LogP contribution in [0.4, 0.5) is 14.5 Å². The van der Waals surface area contributed by atoms with Crippen molar-refractivity contribution >= 4 is 21.4 Å². The van der Waals surface area contributed by atoms with Crippen LogP contribution >= 0.6 is 0 Å². The maximum atomic E-state index is 12.6. The maximum absolute atomic E-state index is 12.6. The SMILES string of the molecule is O=C(CC1CCCCC1)N1CCN(c2ccc(S(=O)(=O)C(F)F)cc2)CC1. The number of benzene rings is 1. The molecular weight excluding hydrogens is 374 g/mol. The highest BCUT2D eigenvalue weighted by molar-refractivity contribution is 7.91. The molecule has 1 aromatic rings. The Morgan fingerprint density at radius 2 is 1.59 bits per heavy atom. The van der Waals surface area contributed by atoms with Crippen LogP contribution < -0.4 is 4.90 Å². The van der Waals surface area contributed by atoms with Gasteiger partial charge in [-0.05, 0) is 43.0 Å².